The van der Waals surface area contributed by atoms with Crippen LogP contribution in [-0.2, 0) is 0 Å². The van der Waals surface area contributed by atoms with Gasteiger partial charge in [0.25, 0.3) is 5.91 Å². The highest BCUT2D eigenvalue weighted by atomic mass is 32.2. The number of rotatable bonds is 2. The predicted molar refractivity (Wildman–Crippen MR) is 79.0 cm³/mol. The van der Waals surface area contributed by atoms with Crippen LogP contribution in [0.15, 0.2) is 5.03 Å². The molecular weight excluding hydrogens is 274 g/mol. The SMILES string of the molecule is CSc1nc(C)nc(C)c1C(=O)N1CCCC(C)(O)C1. The van der Waals surface area contributed by atoms with Crippen LogP contribution in [0.1, 0.15) is 41.6 Å². The molecular formula is C14H21N3O2S. The van der Waals surface area contributed by atoms with Gasteiger partial charge in [0.1, 0.15) is 10.9 Å². The highest BCUT2D eigenvalue weighted by Crippen LogP contribution is 2.26. The molecule has 1 aliphatic heterocycles. The topological polar surface area (TPSA) is 66.3 Å². The molecule has 0 bridgehead atoms. The number of aryl methyl sites for hydroxylation is 2. The lowest BCUT2D eigenvalue weighted by Gasteiger charge is -2.37. The highest BCUT2D eigenvalue weighted by Gasteiger charge is 2.33. The second-order valence-electron chi connectivity index (χ2n) is 5.57. The summed E-state index contributed by atoms with van der Waals surface area (Å²) in [6.45, 7) is 6.49. The van der Waals surface area contributed by atoms with Crippen molar-refractivity contribution in [2.24, 2.45) is 0 Å². The van der Waals surface area contributed by atoms with E-state index < -0.39 is 5.60 Å². The zero-order valence-electron chi connectivity index (χ0n) is 12.4. The van der Waals surface area contributed by atoms with E-state index in [0.29, 0.717) is 35.2 Å². The monoisotopic (exact) mass is 295 g/mol. The lowest BCUT2D eigenvalue weighted by molar-refractivity contribution is -0.0109. The molecule has 1 saturated heterocycles. The Morgan fingerprint density at radius 3 is 2.70 bits per heavy atom. The van der Waals surface area contributed by atoms with E-state index in [1.165, 1.54) is 11.8 Å². The maximum atomic E-state index is 12.7. The minimum Gasteiger partial charge on any atom is -0.388 e. The minimum atomic E-state index is -0.799. The van der Waals surface area contributed by atoms with Crippen LogP contribution in [0, 0.1) is 13.8 Å². The molecule has 20 heavy (non-hydrogen) atoms. The number of aliphatic hydroxyl groups is 1. The first-order valence-electron chi connectivity index (χ1n) is 6.75. The molecule has 110 valence electrons. The Bertz CT molecular complexity index is 531. The number of aromatic nitrogens is 2. The van der Waals surface area contributed by atoms with Gasteiger partial charge in [-0.15, -0.1) is 11.8 Å². The van der Waals surface area contributed by atoms with Crippen LogP contribution in [0.3, 0.4) is 0 Å². The zero-order chi connectivity index (χ0) is 14.9. The summed E-state index contributed by atoms with van der Waals surface area (Å²) in [4.78, 5) is 23.1. The summed E-state index contributed by atoms with van der Waals surface area (Å²) in [6, 6.07) is 0. The molecule has 1 aromatic heterocycles. The van der Waals surface area contributed by atoms with E-state index in [0.717, 1.165) is 12.8 Å². The van der Waals surface area contributed by atoms with Gasteiger partial charge in [-0.3, -0.25) is 4.79 Å². The molecule has 0 aromatic carbocycles. The largest absolute Gasteiger partial charge is 0.388 e. The zero-order valence-corrected chi connectivity index (χ0v) is 13.3. The molecule has 0 radical (unpaired) electrons. The molecule has 0 saturated carbocycles. The molecule has 0 aliphatic carbocycles. The van der Waals surface area contributed by atoms with Crippen molar-refractivity contribution in [3.63, 3.8) is 0 Å². The van der Waals surface area contributed by atoms with E-state index >= 15 is 0 Å². The van der Waals surface area contributed by atoms with Crippen molar-refractivity contribution in [3.05, 3.63) is 17.1 Å². The van der Waals surface area contributed by atoms with Crippen molar-refractivity contribution in [1.82, 2.24) is 14.9 Å². The molecule has 1 atom stereocenters. The van der Waals surface area contributed by atoms with Gasteiger partial charge in [0, 0.05) is 13.1 Å². The van der Waals surface area contributed by atoms with Gasteiger partial charge >= 0.3 is 0 Å². The summed E-state index contributed by atoms with van der Waals surface area (Å²) in [5.41, 5.74) is 0.477. The Hall–Kier alpha value is -1.14. The van der Waals surface area contributed by atoms with Crippen LogP contribution in [0.2, 0.25) is 0 Å². The summed E-state index contributed by atoms with van der Waals surface area (Å²) in [5.74, 6) is 0.598. The maximum absolute atomic E-state index is 12.7. The van der Waals surface area contributed by atoms with Crippen LogP contribution in [0.25, 0.3) is 0 Å². The Labute approximate surface area is 123 Å². The van der Waals surface area contributed by atoms with Crippen molar-refractivity contribution in [2.45, 2.75) is 44.2 Å². The van der Waals surface area contributed by atoms with Gasteiger partial charge < -0.3 is 10.0 Å². The number of likely N-dealkylation sites (tertiary alicyclic amines) is 1. The van der Waals surface area contributed by atoms with Gasteiger partial charge in [0.05, 0.1) is 16.9 Å². The van der Waals surface area contributed by atoms with Crippen LogP contribution < -0.4 is 0 Å². The van der Waals surface area contributed by atoms with Crippen LogP contribution in [0.5, 0.6) is 0 Å². The third-order valence-electron chi connectivity index (χ3n) is 3.54. The molecule has 2 heterocycles. The maximum Gasteiger partial charge on any atom is 0.258 e. The van der Waals surface area contributed by atoms with E-state index in [-0.39, 0.29) is 5.91 Å². The van der Waals surface area contributed by atoms with Crippen molar-refractivity contribution in [2.75, 3.05) is 19.3 Å². The smallest absolute Gasteiger partial charge is 0.258 e. The van der Waals surface area contributed by atoms with Crippen LogP contribution >= 0.6 is 11.8 Å². The van der Waals surface area contributed by atoms with Gasteiger partial charge in [-0.1, -0.05) is 0 Å². The van der Waals surface area contributed by atoms with E-state index in [1.54, 1.807) is 11.8 Å². The summed E-state index contributed by atoms with van der Waals surface area (Å²) >= 11 is 1.45. The first-order chi connectivity index (χ1) is 9.34. The summed E-state index contributed by atoms with van der Waals surface area (Å²) in [6.07, 6.45) is 3.46. The Balaban J connectivity index is 2.34. The standard InChI is InChI=1S/C14H21N3O2S/c1-9-11(12(20-4)16-10(2)15-9)13(18)17-7-5-6-14(3,19)8-17/h19H,5-8H2,1-4H3. The third-order valence-corrected chi connectivity index (χ3v) is 4.22. The van der Waals surface area contributed by atoms with Crippen molar-refractivity contribution < 1.29 is 9.90 Å². The Morgan fingerprint density at radius 1 is 1.40 bits per heavy atom. The molecule has 5 nitrogen and oxygen atoms in total. The first kappa shape index (κ1) is 15.3. The fraction of sp³-hybridized carbons (Fsp3) is 0.643. The fourth-order valence-corrected chi connectivity index (χ4v) is 3.29. The number of β-amino-alcohol motifs (C(OH)–C–C–N with tert-alkyl or cyclic N) is 1. The molecule has 6 heteroatoms. The summed E-state index contributed by atoms with van der Waals surface area (Å²) in [5, 5.41) is 10.9. The Morgan fingerprint density at radius 2 is 2.10 bits per heavy atom. The minimum absolute atomic E-state index is 0.0770. The molecule has 1 unspecified atom stereocenters. The van der Waals surface area contributed by atoms with Gasteiger partial charge in [-0.05, 0) is 39.9 Å². The first-order valence-corrected chi connectivity index (χ1v) is 7.97. The number of nitrogens with zero attached hydrogens (tertiary/aromatic N) is 3. The number of amides is 1. The quantitative estimate of drug-likeness (QED) is 0.666. The molecule has 1 aromatic rings. The number of thioether (sulfide) groups is 1. The average molecular weight is 295 g/mol. The molecule has 1 amide bonds. The third kappa shape index (κ3) is 3.12. The van der Waals surface area contributed by atoms with E-state index in [4.69, 9.17) is 0 Å². The number of hydrogen-bond acceptors (Lipinski definition) is 5. The number of hydrogen-bond donors (Lipinski definition) is 1. The van der Waals surface area contributed by atoms with E-state index in [2.05, 4.69) is 9.97 Å². The Kier molecular flexibility index (Phi) is 4.34. The average Bonchev–Trinajstić information content (AvgIpc) is 2.35. The van der Waals surface area contributed by atoms with Gasteiger partial charge in [0.2, 0.25) is 0 Å². The molecule has 0 spiro atoms. The van der Waals surface area contributed by atoms with Crippen molar-refractivity contribution >= 4 is 17.7 Å². The van der Waals surface area contributed by atoms with Gasteiger partial charge in [0.15, 0.2) is 0 Å². The summed E-state index contributed by atoms with van der Waals surface area (Å²) in [7, 11) is 0. The van der Waals surface area contributed by atoms with Crippen LogP contribution in [0.4, 0.5) is 0 Å². The van der Waals surface area contributed by atoms with Crippen molar-refractivity contribution in [1.29, 1.82) is 0 Å². The molecule has 1 aliphatic rings. The van der Waals surface area contributed by atoms with Crippen molar-refractivity contribution in [3.8, 4) is 0 Å². The number of piperidine rings is 1. The van der Waals surface area contributed by atoms with Gasteiger partial charge in [-0.2, -0.15) is 0 Å². The second-order valence-corrected chi connectivity index (χ2v) is 6.36. The summed E-state index contributed by atoms with van der Waals surface area (Å²) < 4.78 is 0. The van der Waals surface area contributed by atoms with Crippen LogP contribution in [-0.4, -0.2) is 50.8 Å². The number of carbonyl (C=O) groups is 1. The van der Waals surface area contributed by atoms with E-state index in [1.807, 2.05) is 20.1 Å². The second kappa shape index (κ2) is 5.69. The normalized spacial score (nSPS) is 22.9. The van der Waals surface area contributed by atoms with E-state index in [9.17, 15) is 9.90 Å². The molecule has 1 N–H and O–H groups in total. The lowest BCUT2D eigenvalue weighted by Crippen LogP contribution is -2.48. The molecule has 1 fully saturated rings. The molecule has 2 rings (SSSR count). The van der Waals surface area contributed by atoms with Gasteiger partial charge in [-0.25, -0.2) is 9.97 Å². The highest BCUT2D eigenvalue weighted by molar-refractivity contribution is 7.98. The fourth-order valence-electron chi connectivity index (χ4n) is 2.63. The number of carbonyl (C=O) groups excluding carboxylic acids is 1. The predicted octanol–water partition coefficient (Wildman–Crippen LogP) is 1.80. The lowest BCUT2D eigenvalue weighted by atomic mass is 9.94.